The molecular formula is C19H18F3N3O4. The first kappa shape index (κ1) is 20.6. The Labute approximate surface area is 164 Å². The number of alkyl halides is 3. The molecule has 2 heterocycles. The molecule has 1 aliphatic heterocycles. The maximum absolute atomic E-state index is 12.6. The Hall–Kier alpha value is -3.17. The van der Waals surface area contributed by atoms with Gasteiger partial charge in [0.05, 0.1) is 17.7 Å². The highest BCUT2D eigenvalue weighted by Crippen LogP contribution is 2.29. The number of carbonyl (C=O) groups is 2. The van der Waals surface area contributed by atoms with Crippen molar-refractivity contribution in [2.75, 3.05) is 13.1 Å². The minimum absolute atomic E-state index is 0.0655. The molecule has 3 rings (SSSR count). The van der Waals surface area contributed by atoms with E-state index in [1.165, 1.54) is 23.4 Å². The molecule has 1 aromatic carbocycles. The van der Waals surface area contributed by atoms with Crippen LogP contribution in [0.1, 0.15) is 34.6 Å². The molecule has 29 heavy (non-hydrogen) atoms. The molecule has 0 N–H and O–H groups in total. The third-order valence-electron chi connectivity index (χ3n) is 4.70. The highest BCUT2D eigenvalue weighted by Gasteiger charge is 2.32. The number of hydrogen-bond donors (Lipinski definition) is 0. The predicted octanol–water partition coefficient (Wildman–Crippen LogP) is 2.33. The maximum Gasteiger partial charge on any atom is 0.416 e. The van der Waals surface area contributed by atoms with Crippen molar-refractivity contribution < 1.29 is 32.2 Å². The van der Waals surface area contributed by atoms with Crippen LogP contribution in [-0.2, 0) is 22.3 Å². The van der Waals surface area contributed by atoms with Crippen LogP contribution in [0.3, 0.4) is 0 Å². The molecule has 1 aliphatic rings. The van der Waals surface area contributed by atoms with E-state index in [2.05, 4.69) is 4.98 Å². The predicted molar refractivity (Wildman–Crippen MR) is 93.1 cm³/mol. The molecule has 2 aromatic rings. The van der Waals surface area contributed by atoms with Gasteiger partial charge in [0.2, 0.25) is 0 Å². The number of benzene rings is 1. The van der Waals surface area contributed by atoms with E-state index < -0.39 is 23.6 Å². The van der Waals surface area contributed by atoms with Gasteiger partial charge in [0, 0.05) is 24.7 Å². The first-order chi connectivity index (χ1) is 13.8. The molecule has 154 valence electrons. The smallest absolute Gasteiger partial charge is 0.416 e. The van der Waals surface area contributed by atoms with Crippen LogP contribution in [0.2, 0.25) is 0 Å². The van der Waals surface area contributed by atoms with Crippen LogP contribution in [0.25, 0.3) is 0 Å². The van der Waals surface area contributed by atoms with Gasteiger partial charge < -0.3 is 14.8 Å². The fourth-order valence-corrected chi connectivity index (χ4v) is 3.05. The van der Waals surface area contributed by atoms with E-state index in [1.807, 2.05) is 0 Å². The van der Waals surface area contributed by atoms with E-state index in [-0.39, 0.29) is 37.0 Å². The van der Waals surface area contributed by atoms with Gasteiger partial charge in [-0.2, -0.15) is 13.2 Å². The topological polar surface area (TPSA) is 86.4 Å². The van der Waals surface area contributed by atoms with Crippen molar-refractivity contribution >= 4 is 11.9 Å². The largest absolute Gasteiger partial charge is 0.711 e. The molecule has 7 nitrogen and oxygen atoms in total. The van der Waals surface area contributed by atoms with Crippen molar-refractivity contribution in [3.05, 3.63) is 64.9 Å². The Balaban J connectivity index is 1.51. The van der Waals surface area contributed by atoms with Crippen LogP contribution in [0.5, 0.6) is 0 Å². The zero-order valence-electron chi connectivity index (χ0n) is 15.3. The second kappa shape index (κ2) is 8.46. The normalized spacial score (nSPS) is 15.2. The van der Waals surface area contributed by atoms with Gasteiger partial charge in [-0.05, 0) is 42.1 Å². The molecule has 1 amide bonds. The summed E-state index contributed by atoms with van der Waals surface area (Å²) < 4.78 is 43.5. The number of likely N-dealkylation sites (tertiary alicyclic amines) is 1. The quantitative estimate of drug-likeness (QED) is 0.440. The SMILES string of the molecule is O=C(OCc1nccc[n+]1[O-])C1CCN(C(=O)c2ccc(C(F)(F)F)cc2)CC1. The molecule has 1 saturated heterocycles. The van der Waals surface area contributed by atoms with Crippen molar-refractivity contribution in [2.45, 2.75) is 25.6 Å². The Morgan fingerprint density at radius 2 is 1.86 bits per heavy atom. The Bertz CT molecular complexity index is 879. The molecule has 1 aromatic heterocycles. The molecular weight excluding hydrogens is 391 g/mol. The number of carbonyl (C=O) groups excluding carboxylic acids is 2. The van der Waals surface area contributed by atoms with Gasteiger partial charge in [-0.25, -0.2) is 4.73 Å². The second-order valence-corrected chi connectivity index (χ2v) is 6.61. The number of halogens is 3. The van der Waals surface area contributed by atoms with E-state index in [1.54, 1.807) is 0 Å². The van der Waals surface area contributed by atoms with Gasteiger partial charge in [-0.15, -0.1) is 0 Å². The highest BCUT2D eigenvalue weighted by atomic mass is 19.4. The van der Waals surface area contributed by atoms with Crippen molar-refractivity contribution in [3.8, 4) is 0 Å². The molecule has 0 spiro atoms. The summed E-state index contributed by atoms with van der Waals surface area (Å²) in [7, 11) is 0. The lowest BCUT2D eigenvalue weighted by molar-refractivity contribution is -0.620. The summed E-state index contributed by atoms with van der Waals surface area (Å²) in [5, 5.41) is 11.5. The van der Waals surface area contributed by atoms with Gasteiger partial charge in [0.1, 0.15) is 6.20 Å². The van der Waals surface area contributed by atoms with Gasteiger partial charge in [0.15, 0.2) is 6.61 Å². The molecule has 10 heteroatoms. The third kappa shape index (κ3) is 5.01. The standard InChI is InChI=1S/C19H18F3N3O4/c20-19(21,22)15-4-2-13(3-5-15)17(26)24-10-6-14(7-11-24)18(27)29-12-16-23-8-1-9-25(16)28/h1-5,8-9,14H,6-7,10-12H2. The Morgan fingerprint density at radius 1 is 1.21 bits per heavy atom. The van der Waals surface area contributed by atoms with Gasteiger partial charge in [-0.3, -0.25) is 9.59 Å². The second-order valence-electron chi connectivity index (χ2n) is 6.61. The summed E-state index contributed by atoms with van der Waals surface area (Å²) >= 11 is 0. The number of rotatable bonds is 4. The van der Waals surface area contributed by atoms with Crippen molar-refractivity contribution in [1.82, 2.24) is 9.88 Å². The van der Waals surface area contributed by atoms with Gasteiger partial charge >= 0.3 is 18.0 Å². The first-order valence-electron chi connectivity index (χ1n) is 8.92. The summed E-state index contributed by atoms with van der Waals surface area (Å²) in [6, 6.07) is 5.50. The van der Waals surface area contributed by atoms with Gasteiger partial charge in [-0.1, -0.05) is 0 Å². The number of amides is 1. The molecule has 0 aliphatic carbocycles. The molecule has 0 saturated carbocycles. The first-order valence-corrected chi connectivity index (χ1v) is 8.92. The van der Waals surface area contributed by atoms with Crippen molar-refractivity contribution in [2.24, 2.45) is 5.92 Å². The van der Waals surface area contributed by atoms with E-state index in [4.69, 9.17) is 4.74 Å². The van der Waals surface area contributed by atoms with E-state index >= 15 is 0 Å². The van der Waals surface area contributed by atoms with Crippen molar-refractivity contribution in [3.63, 3.8) is 0 Å². The summed E-state index contributed by atoms with van der Waals surface area (Å²) in [5.74, 6) is -1.21. The number of piperidine rings is 1. The third-order valence-corrected chi connectivity index (χ3v) is 4.70. The van der Waals surface area contributed by atoms with E-state index in [9.17, 15) is 28.0 Å². The minimum atomic E-state index is -4.46. The summed E-state index contributed by atoms with van der Waals surface area (Å²) in [4.78, 5) is 30.0. The monoisotopic (exact) mass is 409 g/mol. The van der Waals surface area contributed by atoms with Crippen LogP contribution in [-0.4, -0.2) is 34.8 Å². The summed E-state index contributed by atoms with van der Waals surface area (Å²) in [6.45, 7) is 0.323. The lowest BCUT2D eigenvalue weighted by Gasteiger charge is -2.31. The van der Waals surface area contributed by atoms with Crippen molar-refractivity contribution in [1.29, 1.82) is 0 Å². The summed E-state index contributed by atoms with van der Waals surface area (Å²) in [5.41, 5.74) is -0.656. The molecule has 1 fully saturated rings. The van der Waals surface area contributed by atoms with E-state index in [0.29, 0.717) is 17.6 Å². The van der Waals surface area contributed by atoms with Crippen LogP contribution >= 0.6 is 0 Å². The highest BCUT2D eigenvalue weighted by molar-refractivity contribution is 5.94. The van der Waals surface area contributed by atoms with Crippen LogP contribution in [0, 0.1) is 11.1 Å². The Morgan fingerprint density at radius 3 is 2.45 bits per heavy atom. The Kier molecular flexibility index (Phi) is 6.00. The van der Waals surface area contributed by atoms with Crippen LogP contribution in [0.15, 0.2) is 42.7 Å². The van der Waals surface area contributed by atoms with E-state index in [0.717, 1.165) is 24.3 Å². The lowest BCUT2D eigenvalue weighted by atomic mass is 9.96. The number of nitrogens with zero attached hydrogens (tertiary/aromatic N) is 3. The maximum atomic E-state index is 12.6. The molecule has 0 unspecified atom stereocenters. The zero-order valence-corrected chi connectivity index (χ0v) is 15.3. The summed E-state index contributed by atoms with van der Waals surface area (Å²) in [6.07, 6.45) is -1.05. The lowest BCUT2D eigenvalue weighted by Crippen LogP contribution is -2.41. The fourth-order valence-electron chi connectivity index (χ4n) is 3.05. The average Bonchev–Trinajstić information content (AvgIpc) is 2.72. The number of aromatic nitrogens is 2. The zero-order chi connectivity index (χ0) is 21.0. The van der Waals surface area contributed by atoms with Crippen LogP contribution < -0.4 is 4.73 Å². The minimum Gasteiger partial charge on any atom is -0.711 e. The number of esters is 1. The average molecular weight is 409 g/mol. The number of hydrogen-bond acceptors (Lipinski definition) is 5. The fraction of sp³-hybridized carbons (Fsp3) is 0.368. The molecule has 0 bridgehead atoms. The molecule has 0 radical (unpaired) electrons. The molecule has 0 atom stereocenters. The van der Waals surface area contributed by atoms with Crippen LogP contribution in [0.4, 0.5) is 13.2 Å². The number of ether oxygens (including phenoxy) is 1. The van der Waals surface area contributed by atoms with Gasteiger partial charge in [0.25, 0.3) is 5.91 Å².